The molecule has 1 aromatic carbocycles. The van der Waals surface area contributed by atoms with Gasteiger partial charge in [-0.2, -0.15) is 0 Å². The molecule has 0 aliphatic rings. The van der Waals surface area contributed by atoms with Gasteiger partial charge in [0.05, 0.1) is 6.10 Å². The van der Waals surface area contributed by atoms with E-state index >= 15 is 0 Å². The zero-order chi connectivity index (χ0) is 8.97. The van der Waals surface area contributed by atoms with Crippen LogP contribution in [0.1, 0.15) is 11.7 Å². The molecule has 3 heteroatoms. The van der Waals surface area contributed by atoms with Crippen LogP contribution in [0.15, 0.2) is 24.3 Å². The number of benzene rings is 1. The molecule has 0 heterocycles. The summed E-state index contributed by atoms with van der Waals surface area (Å²) in [6, 6.07) is 7.89. The van der Waals surface area contributed by atoms with Crippen LogP contribution in [0.2, 0.25) is 0 Å². The van der Waals surface area contributed by atoms with Crippen LogP contribution in [0, 0.1) is 3.57 Å². The molecular weight excluding hydrogens is 265 g/mol. The summed E-state index contributed by atoms with van der Waals surface area (Å²) >= 11 is 2.24. The van der Waals surface area contributed by atoms with E-state index in [9.17, 15) is 5.11 Å². The van der Waals surface area contributed by atoms with Gasteiger partial charge in [0.15, 0.2) is 0 Å². The van der Waals surface area contributed by atoms with Crippen LogP contribution in [0.4, 0.5) is 0 Å². The van der Waals surface area contributed by atoms with E-state index in [1.807, 2.05) is 31.3 Å². The molecule has 1 rings (SSSR count). The lowest BCUT2D eigenvalue weighted by atomic mass is 10.1. The molecule has 0 aromatic heterocycles. The molecule has 2 nitrogen and oxygen atoms in total. The van der Waals surface area contributed by atoms with Crippen LogP contribution in [0.5, 0.6) is 0 Å². The highest BCUT2D eigenvalue weighted by Crippen LogP contribution is 2.14. The summed E-state index contributed by atoms with van der Waals surface area (Å²) < 4.78 is 1.15. The number of rotatable bonds is 3. The number of aliphatic hydroxyl groups is 1. The molecule has 1 aromatic rings. The molecule has 66 valence electrons. The highest BCUT2D eigenvalue weighted by molar-refractivity contribution is 14.1. The first-order chi connectivity index (χ1) is 5.74. The first-order valence-corrected chi connectivity index (χ1v) is 4.90. The van der Waals surface area contributed by atoms with E-state index in [1.165, 1.54) is 0 Å². The fourth-order valence-electron chi connectivity index (χ4n) is 1.03. The van der Waals surface area contributed by atoms with Crippen LogP contribution in [0.3, 0.4) is 0 Å². The summed E-state index contributed by atoms with van der Waals surface area (Å²) in [6.45, 7) is 0.597. The Morgan fingerprint density at radius 1 is 1.58 bits per heavy atom. The van der Waals surface area contributed by atoms with Crippen LogP contribution in [-0.2, 0) is 0 Å². The molecule has 0 aliphatic heterocycles. The number of nitrogens with one attached hydrogen (secondary N) is 1. The van der Waals surface area contributed by atoms with E-state index in [-0.39, 0.29) is 0 Å². The number of likely N-dealkylation sites (N-methyl/N-ethyl adjacent to an activating group) is 1. The topological polar surface area (TPSA) is 32.3 Å². The first kappa shape index (κ1) is 9.95. The zero-order valence-corrected chi connectivity index (χ0v) is 9.08. The second kappa shape index (κ2) is 4.79. The van der Waals surface area contributed by atoms with Crippen molar-refractivity contribution >= 4 is 22.6 Å². The number of hydrogen-bond acceptors (Lipinski definition) is 2. The van der Waals surface area contributed by atoms with E-state index in [1.54, 1.807) is 0 Å². The fraction of sp³-hybridized carbons (Fsp3) is 0.333. The minimum absolute atomic E-state index is 0.398. The highest BCUT2D eigenvalue weighted by atomic mass is 127. The predicted molar refractivity (Wildman–Crippen MR) is 58.0 cm³/mol. The second-order valence-electron chi connectivity index (χ2n) is 2.63. The first-order valence-electron chi connectivity index (χ1n) is 3.82. The van der Waals surface area contributed by atoms with Gasteiger partial charge in [0.2, 0.25) is 0 Å². The third-order valence-corrected chi connectivity index (χ3v) is 2.30. The fourth-order valence-corrected chi connectivity index (χ4v) is 1.59. The molecule has 0 saturated heterocycles. The normalized spacial score (nSPS) is 12.9. The Kier molecular flexibility index (Phi) is 3.97. The summed E-state index contributed by atoms with van der Waals surface area (Å²) in [5.41, 5.74) is 0.969. The summed E-state index contributed by atoms with van der Waals surface area (Å²) in [4.78, 5) is 0. The Morgan fingerprint density at radius 3 is 2.92 bits per heavy atom. The van der Waals surface area contributed by atoms with Gasteiger partial charge in [-0.05, 0) is 47.3 Å². The molecule has 0 radical (unpaired) electrons. The van der Waals surface area contributed by atoms with Crippen molar-refractivity contribution in [3.8, 4) is 0 Å². The van der Waals surface area contributed by atoms with Crippen molar-refractivity contribution in [2.24, 2.45) is 0 Å². The van der Waals surface area contributed by atoms with Gasteiger partial charge in [-0.25, -0.2) is 0 Å². The monoisotopic (exact) mass is 277 g/mol. The minimum atomic E-state index is -0.398. The van der Waals surface area contributed by atoms with E-state index in [2.05, 4.69) is 27.9 Å². The van der Waals surface area contributed by atoms with E-state index < -0.39 is 6.10 Å². The quantitative estimate of drug-likeness (QED) is 0.821. The summed E-state index contributed by atoms with van der Waals surface area (Å²) in [5, 5.41) is 12.5. The molecule has 0 saturated carbocycles. The lowest BCUT2D eigenvalue weighted by molar-refractivity contribution is 0.177. The summed E-state index contributed by atoms with van der Waals surface area (Å²) in [7, 11) is 1.83. The summed E-state index contributed by atoms with van der Waals surface area (Å²) in [6.07, 6.45) is -0.398. The maximum absolute atomic E-state index is 9.58. The molecule has 2 N–H and O–H groups in total. The van der Waals surface area contributed by atoms with Crippen molar-refractivity contribution in [2.75, 3.05) is 13.6 Å². The highest BCUT2D eigenvalue weighted by Gasteiger charge is 2.04. The van der Waals surface area contributed by atoms with Gasteiger partial charge in [0.1, 0.15) is 0 Å². The second-order valence-corrected chi connectivity index (χ2v) is 3.87. The molecule has 0 bridgehead atoms. The van der Waals surface area contributed by atoms with E-state index in [4.69, 9.17) is 0 Å². The van der Waals surface area contributed by atoms with Crippen molar-refractivity contribution in [1.29, 1.82) is 0 Å². The van der Waals surface area contributed by atoms with Crippen molar-refractivity contribution in [1.82, 2.24) is 5.32 Å². The number of aliphatic hydroxyl groups excluding tert-OH is 1. The Bertz CT molecular complexity index is 252. The molecule has 0 amide bonds. The van der Waals surface area contributed by atoms with Gasteiger partial charge < -0.3 is 10.4 Å². The predicted octanol–water partition coefficient (Wildman–Crippen LogP) is 1.54. The molecule has 0 fully saturated rings. The molecule has 12 heavy (non-hydrogen) atoms. The Balaban J connectivity index is 2.73. The van der Waals surface area contributed by atoms with Crippen molar-refractivity contribution in [3.63, 3.8) is 0 Å². The van der Waals surface area contributed by atoms with E-state index in [0.29, 0.717) is 6.54 Å². The Morgan fingerprint density at radius 2 is 2.33 bits per heavy atom. The molecule has 1 atom stereocenters. The minimum Gasteiger partial charge on any atom is -0.387 e. The average Bonchev–Trinajstić information content (AvgIpc) is 2.05. The van der Waals surface area contributed by atoms with Gasteiger partial charge in [-0.1, -0.05) is 12.1 Å². The SMILES string of the molecule is CNCC(O)c1cccc(I)c1. The smallest absolute Gasteiger partial charge is 0.0914 e. The van der Waals surface area contributed by atoms with Crippen LogP contribution < -0.4 is 5.32 Å². The Labute approximate surface area is 86.1 Å². The van der Waals surface area contributed by atoms with Gasteiger partial charge in [0, 0.05) is 10.1 Å². The van der Waals surface area contributed by atoms with Gasteiger partial charge in [-0.15, -0.1) is 0 Å². The maximum atomic E-state index is 9.58. The molecule has 1 unspecified atom stereocenters. The third kappa shape index (κ3) is 2.73. The Hall–Kier alpha value is -0.130. The molecule has 0 spiro atoms. The molecular formula is C9H12INO. The van der Waals surface area contributed by atoms with Gasteiger partial charge in [-0.3, -0.25) is 0 Å². The largest absolute Gasteiger partial charge is 0.387 e. The lowest BCUT2D eigenvalue weighted by Crippen LogP contribution is -2.16. The lowest BCUT2D eigenvalue weighted by Gasteiger charge is -2.09. The maximum Gasteiger partial charge on any atom is 0.0914 e. The average molecular weight is 277 g/mol. The van der Waals surface area contributed by atoms with Crippen molar-refractivity contribution in [3.05, 3.63) is 33.4 Å². The van der Waals surface area contributed by atoms with Crippen molar-refractivity contribution in [2.45, 2.75) is 6.10 Å². The number of hydrogen-bond donors (Lipinski definition) is 2. The third-order valence-electron chi connectivity index (χ3n) is 1.63. The zero-order valence-electron chi connectivity index (χ0n) is 6.92. The van der Waals surface area contributed by atoms with Crippen LogP contribution >= 0.6 is 22.6 Å². The van der Waals surface area contributed by atoms with Gasteiger partial charge >= 0.3 is 0 Å². The summed E-state index contributed by atoms with van der Waals surface area (Å²) in [5.74, 6) is 0. The van der Waals surface area contributed by atoms with Crippen LogP contribution in [0.25, 0.3) is 0 Å². The molecule has 0 aliphatic carbocycles. The number of halogens is 1. The van der Waals surface area contributed by atoms with E-state index in [0.717, 1.165) is 9.13 Å². The standard InChI is InChI=1S/C9H12INO/c1-11-6-9(12)7-3-2-4-8(10)5-7/h2-5,9,11-12H,6H2,1H3. The van der Waals surface area contributed by atoms with Crippen LogP contribution in [-0.4, -0.2) is 18.7 Å². The van der Waals surface area contributed by atoms with Gasteiger partial charge in [0.25, 0.3) is 0 Å². The van der Waals surface area contributed by atoms with Crippen molar-refractivity contribution < 1.29 is 5.11 Å².